The van der Waals surface area contributed by atoms with Crippen LogP contribution in [0.5, 0.6) is 0 Å². The molecule has 0 bridgehead atoms. The lowest BCUT2D eigenvalue weighted by Crippen LogP contribution is -2.28. The number of hydrogen-bond donors (Lipinski definition) is 3. The van der Waals surface area contributed by atoms with Crippen molar-refractivity contribution in [2.75, 3.05) is 0 Å². The van der Waals surface area contributed by atoms with Crippen LogP contribution in [0.25, 0.3) is 11.4 Å². The van der Waals surface area contributed by atoms with Gasteiger partial charge in [-0.2, -0.15) is 0 Å². The highest BCUT2D eigenvalue weighted by Crippen LogP contribution is 2.29. The van der Waals surface area contributed by atoms with Crippen molar-refractivity contribution in [3.05, 3.63) is 71.6 Å². The third-order valence-electron chi connectivity index (χ3n) is 6.10. The van der Waals surface area contributed by atoms with Gasteiger partial charge < -0.3 is 20.1 Å². The molecule has 0 saturated heterocycles. The molecule has 3 aromatic rings. The molecule has 2 heterocycles. The number of benzene rings is 1. The number of amides is 1. The molecule has 2 aromatic heterocycles. The van der Waals surface area contributed by atoms with E-state index < -0.39 is 12.2 Å². The molecule has 3 atom stereocenters. The molecule has 8 heteroatoms. The summed E-state index contributed by atoms with van der Waals surface area (Å²) >= 11 is 0. The molecule has 1 aromatic carbocycles. The fourth-order valence-electron chi connectivity index (χ4n) is 4.12. The quantitative estimate of drug-likeness (QED) is 0.371. The fraction of sp³-hybridized carbons (Fsp3) is 0.444. The van der Waals surface area contributed by atoms with Crippen molar-refractivity contribution in [1.29, 1.82) is 0 Å². The number of nitrogens with zero attached hydrogens (tertiary/aromatic N) is 3. The highest BCUT2D eigenvalue weighted by Gasteiger charge is 2.26. The Labute approximate surface area is 206 Å². The molecule has 0 fully saturated rings. The van der Waals surface area contributed by atoms with E-state index in [1.54, 1.807) is 24.5 Å². The molecular formula is C27H35FN4O3. The summed E-state index contributed by atoms with van der Waals surface area (Å²) in [5.41, 5.74) is 2.60. The first-order valence-electron chi connectivity index (χ1n) is 12.1. The summed E-state index contributed by atoms with van der Waals surface area (Å²) in [6.07, 6.45) is 3.36. The maximum Gasteiger partial charge on any atom is 0.272 e. The third kappa shape index (κ3) is 6.74. The Morgan fingerprint density at radius 3 is 2.43 bits per heavy atom. The number of aliphatic hydroxyl groups is 2. The van der Waals surface area contributed by atoms with Crippen LogP contribution in [0.3, 0.4) is 0 Å². The number of halogens is 1. The van der Waals surface area contributed by atoms with Crippen LogP contribution < -0.4 is 5.32 Å². The number of carbonyl (C=O) groups excluding carboxylic acids is 1. The molecule has 7 nitrogen and oxygen atoms in total. The van der Waals surface area contributed by atoms with E-state index in [-0.39, 0.29) is 30.1 Å². The predicted molar refractivity (Wildman–Crippen MR) is 133 cm³/mol. The number of aromatic nitrogens is 3. The number of aliphatic hydroxyl groups excluding tert-OH is 2. The smallest absolute Gasteiger partial charge is 0.272 e. The Kier molecular flexibility index (Phi) is 9.12. The van der Waals surface area contributed by atoms with E-state index in [2.05, 4.69) is 10.3 Å². The van der Waals surface area contributed by atoms with Gasteiger partial charge in [0.05, 0.1) is 23.9 Å². The Morgan fingerprint density at radius 2 is 1.83 bits per heavy atom. The molecule has 0 aliphatic heterocycles. The molecule has 0 spiro atoms. The average Bonchev–Trinajstić information content (AvgIpc) is 3.23. The van der Waals surface area contributed by atoms with Gasteiger partial charge in [0.2, 0.25) is 0 Å². The zero-order chi connectivity index (χ0) is 25.5. The number of hydrogen-bond acceptors (Lipinski definition) is 5. The first-order chi connectivity index (χ1) is 16.7. The fourth-order valence-corrected chi connectivity index (χ4v) is 4.12. The first kappa shape index (κ1) is 26.5. The monoisotopic (exact) mass is 482 g/mol. The van der Waals surface area contributed by atoms with Crippen LogP contribution in [0.2, 0.25) is 0 Å². The molecule has 35 heavy (non-hydrogen) atoms. The van der Waals surface area contributed by atoms with Crippen molar-refractivity contribution in [2.24, 2.45) is 0 Å². The number of imidazole rings is 1. The Hall–Kier alpha value is -3.10. The van der Waals surface area contributed by atoms with Crippen LogP contribution in [-0.4, -0.2) is 42.9 Å². The number of pyridine rings is 1. The Morgan fingerprint density at radius 1 is 1.11 bits per heavy atom. The molecule has 3 unspecified atom stereocenters. The molecule has 0 radical (unpaired) electrons. The number of nitrogens with one attached hydrogen (secondary N) is 1. The van der Waals surface area contributed by atoms with Gasteiger partial charge in [0, 0.05) is 24.5 Å². The third-order valence-corrected chi connectivity index (χ3v) is 6.10. The van der Waals surface area contributed by atoms with E-state index in [1.807, 2.05) is 44.4 Å². The molecule has 1 amide bonds. The van der Waals surface area contributed by atoms with Gasteiger partial charge in [0.25, 0.3) is 5.91 Å². The van der Waals surface area contributed by atoms with Gasteiger partial charge in [0.15, 0.2) is 0 Å². The molecule has 3 rings (SSSR count). The zero-order valence-corrected chi connectivity index (χ0v) is 20.8. The van der Waals surface area contributed by atoms with Crippen molar-refractivity contribution in [3.63, 3.8) is 0 Å². The van der Waals surface area contributed by atoms with E-state index >= 15 is 0 Å². The topological polar surface area (TPSA) is 100 Å². The molecular weight excluding hydrogens is 447 g/mol. The molecule has 0 saturated carbocycles. The maximum atomic E-state index is 13.6. The second-order valence-corrected chi connectivity index (χ2v) is 9.20. The summed E-state index contributed by atoms with van der Waals surface area (Å²) < 4.78 is 15.5. The molecule has 0 aliphatic carbocycles. The van der Waals surface area contributed by atoms with Crippen LogP contribution >= 0.6 is 0 Å². The van der Waals surface area contributed by atoms with E-state index in [9.17, 15) is 19.4 Å². The van der Waals surface area contributed by atoms with Crippen LogP contribution in [0.1, 0.15) is 80.7 Å². The van der Waals surface area contributed by atoms with Crippen LogP contribution in [-0.2, 0) is 6.54 Å². The second-order valence-electron chi connectivity index (χ2n) is 9.20. The summed E-state index contributed by atoms with van der Waals surface area (Å²) in [6, 6.07) is 9.44. The lowest BCUT2D eigenvalue weighted by Gasteiger charge is -2.19. The molecule has 3 N–H and O–H groups in total. The van der Waals surface area contributed by atoms with Gasteiger partial charge >= 0.3 is 0 Å². The summed E-state index contributed by atoms with van der Waals surface area (Å²) in [6.45, 7) is 8.13. The van der Waals surface area contributed by atoms with Gasteiger partial charge in [-0.1, -0.05) is 26.8 Å². The predicted octanol–water partition coefficient (Wildman–Crippen LogP) is 4.61. The molecule has 188 valence electrons. The minimum absolute atomic E-state index is 0.0375. The highest BCUT2D eigenvalue weighted by molar-refractivity contribution is 5.94. The summed E-state index contributed by atoms with van der Waals surface area (Å²) in [5.74, 6) is -0.169. The van der Waals surface area contributed by atoms with E-state index in [0.29, 0.717) is 36.5 Å². The number of rotatable bonds is 11. The van der Waals surface area contributed by atoms with Gasteiger partial charge in [-0.25, -0.2) is 9.37 Å². The standard InChI is InChI=1S/C27H35FN4O3/c1-5-22(33)15-23(34)12-14-32-25(17(2)3)24(31-26(32)19-8-10-21(28)11-9-19)27(35)30-18(4)20-7-6-13-29-16-20/h6-11,13,16-18,22-23,33-34H,5,12,14-15H2,1-4H3,(H,30,35). The number of carbonyl (C=O) groups is 1. The van der Waals surface area contributed by atoms with Gasteiger partial charge in [-0.05, 0) is 68.0 Å². The van der Waals surface area contributed by atoms with Crippen LogP contribution in [0.4, 0.5) is 4.39 Å². The van der Waals surface area contributed by atoms with Gasteiger partial charge in [-0.3, -0.25) is 9.78 Å². The van der Waals surface area contributed by atoms with Crippen molar-refractivity contribution >= 4 is 5.91 Å². The molecule has 0 aliphatic rings. The summed E-state index contributed by atoms with van der Waals surface area (Å²) in [4.78, 5) is 22.2. The van der Waals surface area contributed by atoms with E-state index in [1.165, 1.54) is 12.1 Å². The Balaban J connectivity index is 1.97. The highest BCUT2D eigenvalue weighted by atomic mass is 19.1. The van der Waals surface area contributed by atoms with Crippen molar-refractivity contribution in [1.82, 2.24) is 19.9 Å². The lowest BCUT2D eigenvalue weighted by atomic mass is 10.0. The van der Waals surface area contributed by atoms with Crippen LogP contribution in [0, 0.1) is 5.82 Å². The summed E-state index contributed by atoms with van der Waals surface area (Å²) in [7, 11) is 0. The minimum atomic E-state index is -0.698. The zero-order valence-electron chi connectivity index (χ0n) is 20.8. The van der Waals surface area contributed by atoms with Crippen LogP contribution in [0.15, 0.2) is 48.8 Å². The summed E-state index contributed by atoms with van der Waals surface area (Å²) in [5, 5.41) is 23.4. The largest absolute Gasteiger partial charge is 0.393 e. The first-order valence-corrected chi connectivity index (χ1v) is 12.1. The second kappa shape index (κ2) is 12.0. The van der Waals surface area contributed by atoms with Crippen molar-refractivity contribution in [3.8, 4) is 11.4 Å². The van der Waals surface area contributed by atoms with E-state index in [4.69, 9.17) is 4.98 Å². The SMILES string of the molecule is CCC(O)CC(O)CCn1c(-c2ccc(F)cc2)nc(C(=O)NC(C)c2cccnc2)c1C(C)C. The minimum Gasteiger partial charge on any atom is -0.393 e. The average molecular weight is 483 g/mol. The van der Waals surface area contributed by atoms with E-state index in [0.717, 1.165) is 11.3 Å². The normalized spacial score (nSPS) is 14.1. The Bertz CT molecular complexity index is 1100. The maximum absolute atomic E-state index is 13.6. The van der Waals surface area contributed by atoms with Gasteiger partial charge in [0.1, 0.15) is 17.3 Å². The van der Waals surface area contributed by atoms with Crippen molar-refractivity contribution in [2.45, 2.75) is 77.7 Å². The van der Waals surface area contributed by atoms with Crippen molar-refractivity contribution < 1.29 is 19.4 Å². The van der Waals surface area contributed by atoms with Gasteiger partial charge in [-0.15, -0.1) is 0 Å². The lowest BCUT2D eigenvalue weighted by molar-refractivity contribution is 0.0711.